The quantitative estimate of drug-likeness (QED) is 0.826. The zero-order valence-electron chi connectivity index (χ0n) is 9.27. The lowest BCUT2D eigenvalue weighted by atomic mass is 10.1. The van der Waals surface area contributed by atoms with Gasteiger partial charge in [-0.2, -0.15) is 0 Å². The molecular weight excluding hydrogens is 206 g/mol. The van der Waals surface area contributed by atoms with Crippen LogP contribution in [0.2, 0.25) is 0 Å². The molecule has 0 bridgehead atoms. The van der Waals surface area contributed by atoms with Gasteiger partial charge in [0, 0.05) is 13.1 Å². The number of aliphatic hydroxyl groups excluding tert-OH is 1. The average molecular weight is 221 g/mol. The van der Waals surface area contributed by atoms with Gasteiger partial charge in [0.05, 0.1) is 13.2 Å². The molecule has 4 heteroatoms. The molecule has 0 saturated heterocycles. The minimum Gasteiger partial charge on any atom is -0.450 e. The Hall–Kier alpha value is -1.55. The number of ether oxygens (including phenoxy) is 1. The van der Waals surface area contributed by atoms with Gasteiger partial charge in [0.25, 0.3) is 0 Å². The van der Waals surface area contributed by atoms with Crippen LogP contribution in [0.15, 0.2) is 18.2 Å². The van der Waals surface area contributed by atoms with E-state index < -0.39 is 0 Å². The normalized spacial score (nSPS) is 13.8. The van der Waals surface area contributed by atoms with Crippen LogP contribution in [0.25, 0.3) is 0 Å². The van der Waals surface area contributed by atoms with Crippen LogP contribution < -0.4 is 0 Å². The van der Waals surface area contributed by atoms with Gasteiger partial charge in [-0.1, -0.05) is 18.2 Å². The van der Waals surface area contributed by atoms with E-state index in [1.807, 2.05) is 18.2 Å². The third-order valence-corrected chi connectivity index (χ3v) is 2.70. The molecule has 0 radical (unpaired) electrons. The van der Waals surface area contributed by atoms with Gasteiger partial charge in [-0.25, -0.2) is 4.79 Å². The number of rotatable bonds is 2. The maximum atomic E-state index is 11.5. The van der Waals surface area contributed by atoms with Crippen molar-refractivity contribution in [1.82, 2.24) is 4.90 Å². The van der Waals surface area contributed by atoms with Crippen molar-refractivity contribution in [2.24, 2.45) is 0 Å². The van der Waals surface area contributed by atoms with Crippen LogP contribution in [0.1, 0.15) is 23.6 Å². The van der Waals surface area contributed by atoms with E-state index in [1.54, 1.807) is 11.8 Å². The van der Waals surface area contributed by atoms with Gasteiger partial charge in [-0.3, -0.25) is 4.90 Å². The number of amides is 1. The fourth-order valence-electron chi connectivity index (χ4n) is 1.89. The predicted octanol–water partition coefficient (Wildman–Crippen LogP) is 1.65. The van der Waals surface area contributed by atoms with Gasteiger partial charge < -0.3 is 9.84 Å². The Morgan fingerprint density at radius 3 is 2.88 bits per heavy atom. The van der Waals surface area contributed by atoms with Crippen molar-refractivity contribution in [1.29, 1.82) is 0 Å². The number of aliphatic hydroxyl groups is 1. The highest BCUT2D eigenvalue weighted by Gasteiger charge is 2.24. The minimum absolute atomic E-state index is 0.0344. The summed E-state index contributed by atoms with van der Waals surface area (Å²) in [6, 6.07) is 5.78. The Morgan fingerprint density at radius 2 is 2.19 bits per heavy atom. The van der Waals surface area contributed by atoms with Crippen molar-refractivity contribution >= 4 is 6.09 Å². The van der Waals surface area contributed by atoms with Crippen LogP contribution >= 0.6 is 0 Å². The van der Waals surface area contributed by atoms with E-state index in [0.717, 1.165) is 16.7 Å². The van der Waals surface area contributed by atoms with E-state index in [0.29, 0.717) is 19.7 Å². The van der Waals surface area contributed by atoms with Gasteiger partial charge in [0.15, 0.2) is 0 Å². The summed E-state index contributed by atoms with van der Waals surface area (Å²) < 4.78 is 4.95. The molecule has 16 heavy (non-hydrogen) atoms. The lowest BCUT2D eigenvalue weighted by Gasteiger charge is -2.13. The molecular formula is C12H15NO3. The number of benzene rings is 1. The van der Waals surface area contributed by atoms with Crippen LogP contribution in [0.3, 0.4) is 0 Å². The minimum atomic E-state index is -0.274. The monoisotopic (exact) mass is 221 g/mol. The summed E-state index contributed by atoms with van der Waals surface area (Å²) >= 11 is 0. The Kier molecular flexibility index (Phi) is 3.10. The molecule has 4 nitrogen and oxygen atoms in total. The number of nitrogens with zero attached hydrogens (tertiary/aromatic N) is 1. The van der Waals surface area contributed by atoms with Gasteiger partial charge in [-0.15, -0.1) is 0 Å². The summed E-state index contributed by atoms with van der Waals surface area (Å²) in [5.74, 6) is 0. The summed E-state index contributed by atoms with van der Waals surface area (Å²) in [6.07, 6.45) is -0.274. The fourth-order valence-corrected chi connectivity index (χ4v) is 1.89. The predicted molar refractivity (Wildman–Crippen MR) is 58.6 cm³/mol. The molecule has 1 amide bonds. The summed E-state index contributed by atoms with van der Waals surface area (Å²) in [6.45, 7) is 3.40. The molecule has 0 atom stereocenters. The van der Waals surface area contributed by atoms with Gasteiger partial charge >= 0.3 is 6.09 Å². The van der Waals surface area contributed by atoms with Crippen molar-refractivity contribution in [2.75, 3.05) is 6.61 Å². The van der Waals surface area contributed by atoms with Crippen molar-refractivity contribution in [3.8, 4) is 0 Å². The Balaban J connectivity index is 2.11. The molecule has 0 aromatic heterocycles. The first-order chi connectivity index (χ1) is 7.74. The molecule has 86 valence electrons. The molecule has 0 fully saturated rings. The number of hydrogen-bond donors (Lipinski definition) is 1. The van der Waals surface area contributed by atoms with Crippen LogP contribution in [0.5, 0.6) is 0 Å². The second-order valence-corrected chi connectivity index (χ2v) is 3.82. The van der Waals surface area contributed by atoms with E-state index in [-0.39, 0.29) is 12.7 Å². The number of fused-ring (bicyclic) bond motifs is 1. The maximum absolute atomic E-state index is 11.5. The van der Waals surface area contributed by atoms with E-state index in [1.165, 1.54) is 0 Å². The SMILES string of the molecule is CCOC(=O)N1Cc2ccc(CO)cc2C1. The molecule has 0 unspecified atom stereocenters. The Labute approximate surface area is 94.4 Å². The topological polar surface area (TPSA) is 49.8 Å². The summed E-state index contributed by atoms with van der Waals surface area (Å²) in [5, 5.41) is 9.02. The van der Waals surface area contributed by atoms with E-state index in [2.05, 4.69) is 0 Å². The summed E-state index contributed by atoms with van der Waals surface area (Å²) in [7, 11) is 0. The highest BCUT2D eigenvalue weighted by Crippen LogP contribution is 2.24. The summed E-state index contributed by atoms with van der Waals surface area (Å²) in [4.78, 5) is 13.2. The summed E-state index contributed by atoms with van der Waals surface area (Å²) in [5.41, 5.74) is 3.11. The molecule has 1 aromatic carbocycles. The smallest absolute Gasteiger partial charge is 0.410 e. The number of hydrogen-bond acceptors (Lipinski definition) is 3. The Bertz CT molecular complexity index is 403. The first-order valence-corrected chi connectivity index (χ1v) is 5.38. The highest BCUT2D eigenvalue weighted by atomic mass is 16.6. The van der Waals surface area contributed by atoms with Crippen molar-refractivity contribution in [3.63, 3.8) is 0 Å². The standard InChI is InChI=1S/C12H15NO3/c1-2-16-12(15)13-6-10-4-3-9(8-14)5-11(10)7-13/h3-5,14H,2,6-8H2,1H3. The molecule has 1 N–H and O–H groups in total. The number of carbonyl (C=O) groups is 1. The first-order valence-electron chi connectivity index (χ1n) is 5.38. The van der Waals surface area contributed by atoms with Crippen LogP contribution in [-0.2, 0) is 24.4 Å². The third-order valence-electron chi connectivity index (χ3n) is 2.70. The van der Waals surface area contributed by atoms with Gasteiger partial charge in [-0.05, 0) is 23.6 Å². The van der Waals surface area contributed by atoms with Crippen LogP contribution in [0, 0.1) is 0 Å². The van der Waals surface area contributed by atoms with Gasteiger partial charge in [0.2, 0.25) is 0 Å². The van der Waals surface area contributed by atoms with E-state index >= 15 is 0 Å². The van der Waals surface area contributed by atoms with Gasteiger partial charge in [0.1, 0.15) is 0 Å². The van der Waals surface area contributed by atoms with E-state index in [9.17, 15) is 4.79 Å². The molecule has 1 aliphatic heterocycles. The van der Waals surface area contributed by atoms with E-state index in [4.69, 9.17) is 9.84 Å². The van der Waals surface area contributed by atoms with Crippen molar-refractivity contribution in [3.05, 3.63) is 34.9 Å². The van der Waals surface area contributed by atoms with Crippen LogP contribution in [-0.4, -0.2) is 22.7 Å². The maximum Gasteiger partial charge on any atom is 0.410 e. The average Bonchev–Trinajstić information content (AvgIpc) is 2.71. The highest BCUT2D eigenvalue weighted by molar-refractivity contribution is 5.68. The second kappa shape index (κ2) is 4.53. The molecule has 0 saturated carbocycles. The second-order valence-electron chi connectivity index (χ2n) is 3.82. The number of carbonyl (C=O) groups excluding carboxylic acids is 1. The zero-order valence-corrected chi connectivity index (χ0v) is 9.27. The lowest BCUT2D eigenvalue weighted by molar-refractivity contribution is 0.106. The molecule has 1 aliphatic rings. The molecule has 0 aliphatic carbocycles. The third kappa shape index (κ3) is 2.02. The molecule has 1 heterocycles. The zero-order chi connectivity index (χ0) is 11.5. The molecule has 1 aromatic rings. The molecule has 0 spiro atoms. The Morgan fingerprint density at radius 1 is 1.44 bits per heavy atom. The van der Waals surface area contributed by atoms with Crippen molar-refractivity contribution < 1.29 is 14.6 Å². The first kappa shape index (κ1) is 11.0. The fraction of sp³-hybridized carbons (Fsp3) is 0.417. The lowest BCUT2D eigenvalue weighted by Crippen LogP contribution is -2.25. The van der Waals surface area contributed by atoms with Crippen LogP contribution in [0.4, 0.5) is 4.79 Å². The molecule has 2 rings (SSSR count). The largest absolute Gasteiger partial charge is 0.450 e. The van der Waals surface area contributed by atoms with Crippen molar-refractivity contribution in [2.45, 2.75) is 26.6 Å².